The molecule has 0 unspecified atom stereocenters. The van der Waals surface area contributed by atoms with E-state index in [2.05, 4.69) is 31.4 Å². The largest absolute Gasteiger partial charge is 0.296 e. The van der Waals surface area contributed by atoms with Crippen LogP contribution in [0.5, 0.6) is 0 Å². The van der Waals surface area contributed by atoms with Gasteiger partial charge in [0.25, 0.3) is 5.91 Å². The van der Waals surface area contributed by atoms with Gasteiger partial charge in [-0.05, 0) is 29.6 Å². The lowest BCUT2D eigenvalue weighted by molar-refractivity contribution is 0.102. The highest BCUT2D eigenvalue weighted by atomic mass is 79.9. The van der Waals surface area contributed by atoms with Gasteiger partial charge in [0.15, 0.2) is 5.01 Å². The van der Waals surface area contributed by atoms with E-state index < -0.39 is 0 Å². The number of carbonyl (C=O) groups is 1. The molecule has 3 aromatic rings. The zero-order valence-corrected chi connectivity index (χ0v) is 13.3. The van der Waals surface area contributed by atoms with Crippen molar-refractivity contribution in [1.29, 1.82) is 0 Å². The number of halogens is 1. The maximum atomic E-state index is 12.1. The second-order valence-corrected chi connectivity index (χ2v) is 6.70. The maximum absolute atomic E-state index is 12.1. The van der Waals surface area contributed by atoms with Crippen LogP contribution in [0.2, 0.25) is 0 Å². The third-order valence-electron chi connectivity index (χ3n) is 2.46. The minimum atomic E-state index is -0.194. The molecular weight excluding hydrogens is 358 g/mol. The predicted molar refractivity (Wildman–Crippen MR) is 85.3 cm³/mol. The van der Waals surface area contributed by atoms with Gasteiger partial charge in [-0.3, -0.25) is 10.1 Å². The van der Waals surface area contributed by atoms with Gasteiger partial charge in [0.1, 0.15) is 0 Å². The molecule has 0 bridgehead atoms. The molecule has 2 aromatic heterocycles. The monoisotopic (exact) mass is 365 g/mol. The molecule has 0 saturated heterocycles. The minimum Gasteiger partial charge on any atom is -0.296 e. The second-order valence-electron chi connectivity index (χ2n) is 3.85. The highest BCUT2D eigenvalue weighted by molar-refractivity contribution is 9.10. The molecule has 0 spiro atoms. The van der Waals surface area contributed by atoms with Gasteiger partial charge in [-0.1, -0.05) is 39.4 Å². The summed E-state index contributed by atoms with van der Waals surface area (Å²) in [6, 6.07) is 11.1. The van der Waals surface area contributed by atoms with Crippen molar-refractivity contribution in [2.24, 2.45) is 0 Å². The van der Waals surface area contributed by atoms with Gasteiger partial charge in [0.2, 0.25) is 5.13 Å². The molecule has 0 aliphatic rings. The summed E-state index contributed by atoms with van der Waals surface area (Å²) in [5.74, 6) is -0.194. The molecule has 1 N–H and O–H groups in total. The van der Waals surface area contributed by atoms with Gasteiger partial charge in [0.05, 0.1) is 4.88 Å². The Kier molecular flexibility index (Phi) is 3.90. The summed E-state index contributed by atoms with van der Waals surface area (Å²) in [5, 5.41) is 14.1. The number of rotatable bonds is 3. The first kappa shape index (κ1) is 13.4. The lowest BCUT2D eigenvalue weighted by atomic mass is 10.2. The van der Waals surface area contributed by atoms with E-state index in [1.54, 1.807) is 23.5 Å². The number of benzene rings is 1. The Balaban J connectivity index is 1.77. The quantitative estimate of drug-likeness (QED) is 0.753. The molecule has 1 amide bonds. The Morgan fingerprint density at radius 3 is 2.85 bits per heavy atom. The molecule has 0 aliphatic heterocycles. The molecule has 0 aliphatic carbocycles. The van der Waals surface area contributed by atoms with Crippen LogP contribution in [0, 0.1) is 0 Å². The molecule has 0 atom stereocenters. The Labute approximate surface area is 131 Å². The number of nitrogens with one attached hydrogen (secondary N) is 1. The van der Waals surface area contributed by atoms with Gasteiger partial charge in [-0.15, -0.1) is 21.5 Å². The number of aromatic nitrogens is 2. The van der Waals surface area contributed by atoms with Crippen LogP contribution in [0.3, 0.4) is 0 Å². The number of anilines is 1. The molecule has 4 nitrogen and oxygen atoms in total. The third-order valence-corrected chi connectivity index (χ3v) is 4.84. The first-order valence-corrected chi connectivity index (χ1v) is 8.15. The van der Waals surface area contributed by atoms with E-state index >= 15 is 0 Å². The predicted octanol–water partition coefficient (Wildman–Crippen LogP) is 4.28. The fraction of sp³-hybridized carbons (Fsp3) is 0. The summed E-state index contributed by atoms with van der Waals surface area (Å²) in [7, 11) is 0. The molecule has 7 heteroatoms. The van der Waals surface area contributed by atoms with Gasteiger partial charge >= 0.3 is 0 Å². The first-order valence-electron chi connectivity index (χ1n) is 5.67. The van der Waals surface area contributed by atoms with Crippen LogP contribution >= 0.6 is 38.6 Å². The van der Waals surface area contributed by atoms with Crippen molar-refractivity contribution in [2.75, 3.05) is 5.32 Å². The fourth-order valence-electron chi connectivity index (χ4n) is 1.57. The van der Waals surface area contributed by atoms with E-state index in [9.17, 15) is 4.79 Å². The van der Waals surface area contributed by atoms with Crippen molar-refractivity contribution in [3.8, 4) is 9.88 Å². The summed E-state index contributed by atoms with van der Waals surface area (Å²) in [4.78, 5) is 13.1. The van der Waals surface area contributed by atoms with Crippen molar-refractivity contribution in [1.82, 2.24) is 10.2 Å². The van der Waals surface area contributed by atoms with E-state index in [-0.39, 0.29) is 5.91 Å². The zero-order chi connectivity index (χ0) is 13.9. The van der Waals surface area contributed by atoms with Crippen molar-refractivity contribution in [3.05, 3.63) is 51.8 Å². The lowest BCUT2D eigenvalue weighted by Gasteiger charge is -2.01. The molecule has 0 fully saturated rings. The number of thiophene rings is 1. The summed E-state index contributed by atoms with van der Waals surface area (Å²) in [5.41, 5.74) is 0.576. The molecule has 0 saturated carbocycles. The first-order chi connectivity index (χ1) is 9.72. The normalized spacial score (nSPS) is 10.4. The molecule has 20 heavy (non-hydrogen) atoms. The second kappa shape index (κ2) is 5.82. The topological polar surface area (TPSA) is 54.9 Å². The Morgan fingerprint density at radius 2 is 2.10 bits per heavy atom. The van der Waals surface area contributed by atoms with Crippen molar-refractivity contribution in [3.63, 3.8) is 0 Å². The Morgan fingerprint density at radius 1 is 1.20 bits per heavy atom. The number of hydrogen-bond acceptors (Lipinski definition) is 5. The standard InChI is InChI=1S/C13H8BrN3OS2/c14-9-4-1-3-8(7-9)11(18)15-13-17-16-12(20-13)10-5-2-6-19-10/h1-7H,(H,15,17,18). The summed E-state index contributed by atoms with van der Waals surface area (Å²) in [6.07, 6.45) is 0. The minimum absolute atomic E-state index is 0.194. The highest BCUT2D eigenvalue weighted by Gasteiger charge is 2.11. The Bertz CT molecular complexity index is 740. The third kappa shape index (κ3) is 2.95. The fourth-order valence-corrected chi connectivity index (χ4v) is 3.50. The number of hydrogen-bond donors (Lipinski definition) is 1. The zero-order valence-electron chi connectivity index (χ0n) is 10.0. The van der Waals surface area contributed by atoms with E-state index in [0.717, 1.165) is 14.4 Å². The average Bonchev–Trinajstić information content (AvgIpc) is 3.08. The van der Waals surface area contributed by atoms with E-state index in [0.29, 0.717) is 10.7 Å². The van der Waals surface area contributed by atoms with Gasteiger partial charge in [-0.2, -0.15) is 0 Å². The smallest absolute Gasteiger partial charge is 0.257 e. The molecule has 3 rings (SSSR count). The van der Waals surface area contributed by atoms with E-state index in [4.69, 9.17) is 0 Å². The molecule has 0 radical (unpaired) electrons. The van der Waals surface area contributed by atoms with E-state index in [1.165, 1.54) is 11.3 Å². The number of nitrogens with zero attached hydrogens (tertiary/aromatic N) is 2. The molecule has 1 aromatic carbocycles. The molecule has 100 valence electrons. The van der Waals surface area contributed by atoms with Crippen molar-refractivity contribution >= 4 is 49.6 Å². The SMILES string of the molecule is O=C(Nc1nnc(-c2cccs2)s1)c1cccc(Br)c1. The van der Waals surface area contributed by atoms with Crippen LogP contribution in [0.25, 0.3) is 9.88 Å². The number of amides is 1. The van der Waals surface area contributed by atoms with Crippen LogP contribution < -0.4 is 5.32 Å². The summed E-state index contributed by atoms with van der Waals surface area (Å²) in [6.45, 7) is 0. The Hall–Kier alpha value is -1.57. The maximum Gasteiger partial charge on any atom is 0.257 e. The van der Waals surface area contributed by atoms with Crippen LogP contribution in [0.1, 0.15) is 10.4 Å². The van der Waals surface area contributed by atoms with Gasteiger partial charge in [-0.25, -0.2) is 0 Å². The molecule has 2 heterocycles. The number of carbonyl (C=O) groups excluding carboxylic acids is 1. The van der Waals surface area contributed by atoms with Crippen LogP contribution in [0.4, 0.5) is 5.13 Å². The van der Waals surface area contributed by atoms with E-state index in [1.807, 2.05) is 29.6 Å². The van der Waals surface area contributed by atoms with Gasteiger partial charge < -0.3 is 0 Å². The van der Waals surface area contributed by atoms with Crippen LogP contribution in [-0.2, 0) is 0 Å². The summed E-state index contributed by atoms with van der Waals surface area (Å²) < 4.78 is 0.863. The summed E-state index contributed by atoms with van der Waals surface area (Å²) >= 11 is 6.30. The average molecular weight is 366 g/mol. The van der Waals surface area contributed by atoms with Crippen molar-refractivity contribution < 1.29 is 4.79 Å². The van der Waals surface area contributed by atoms with Gasteiger partial charge in [0, 0.05) is 10.0 Å². The van der Waals surface area contributed by atoms with Crippen molar-refractivity contribution in [2.45, 2.75) is 0 Å². The van der Waals surface area contributed by atoms with Crippen LogP contribution in [-0.4, -0.2) is 16.1 Å². The highest BCUT2D eigenvalue weighted by Crippen LogP contribution is 2.29. The molecular formula is C13H8BrN3OS2. The lowest BCUT2D eigenvalue weighted by Crippen LogP contribution is -2.11. The van der Waals surface area contributed by atoms with Crippen LogP contribution in [0.15, 0.2) is 46.3 Å².